The fourth-order valence-electron chi connectivity index (χ4n) is 2.71. The van der Waals surface area contributed by atoms with E-state index in [-0.39, 0.29) is 23.1 Å². The second-order valence-electron chi connectivity index (χ2n) is 5.85. The second kappa shape index (κ2) is 6.38. The molecule has 10 nitrogen and oxygen atoms in total. The Morgan fingerprint density at radius 1 is 1.60 bits per heavy atom. The van der Waals surface area contributed by atoms with Gasteiger partial charge in [-0.2, -0.15) is 10.4 Å². The van der Waals surface area contributed by atoms with Crippen LogP contribution in [0.5, 0.6) is 0 Å². The number of ether oxygens (including phenoxy) is 1. The van der Waals surface area contributed by atoms with Crippen LogP contribution in [0.2, 0.25) is 0 Å². The zero-order chi connectivity index (χ0) is 19.1. The van der Waals surface area contributed by atoms with E-state index in [0.717, 1.165) is 0 Å². The van der Waals surface area contributed by atoms with Crippen LogP contribution >= 0.6 is 0 Å². The monoisotopic (exact) mass is 347 g/mol. The topological polar surface area (TPSA) is 140 Å². The highest BCUT2D eigenvalue weighted by Crippen LogP contribution is 2.40. The van der Waals surface area contributed by atoms with Crippen molar-refractivity contribution in [2.24, 2.45) is 4.99 Å². The summed E-state index contributed by atoms with van der Waals surface area (Å²) in [6.45, 7) is -0.577. The third-order valence-corrected chi connectivity index (χ3v) is 3.94. The number of fused-ring (bicyclic) bond motifs is 1. The van der Waals surface area contributed by atoms with E-state index in [1.165, 1.54) is 23.2 Å². The van der Waals surface area contributed by atoms with E-state index in [9.17, 15) is 20.6 Å². The standard InChI is InChI=1S/C15H18N6O4/c1-20(2)8-18-14-9-3-4-11(21(9)19-7-17-14)15(6-16)13(24)12(23)10(5-22)25-15/h3-4,7-8,10,12-13,22-24H,5H2,1-2H3/t10-,12-,13-,15+/m1/s1/i3D. The lowest BCUT2D eigenvalue weighted by Crippen LogP contribution is -2.40. The van der Waals surface area contributed by atoms with Gasteiger partial charge in [-0.05, 0) is 12.1 Å². The molecule has 0 amide bonds. The summed E-state index contributed by atoms with van der Waals surface area (Å²) in [7, 11) is 3.55. The predicted molar refractivity (Wildman–Crippen MR) is 86.1 cm³/mol. The Balaban J connectivity index is 2.21. The van der Waals surface area contributed by atoms with E-state index in [1.54, 1.807) is 19.0 Å². The van der Waals surface area contributed by atoms with Gasteiger partial charge < -0.3 is 25.0 Å². The van der Waals surface area contributed by atoms with Crippen molar-refractivity contribution in [1.82, 2.24) is 19.5 Å². The summed E-state index contributed by atoms with van der Waals surface area (Å²) in [5.74, 6) is 0.199. The van der Waals surface area contributed by atoms with Gasteiger partial charge in [-0.25, -0.2) is 14.5 Å². The number of nitrogens with zero attached hydrogens (tertiary/aromatic N) is 6. The van der Waals surface area contributed by atoms with E-state index in [4.69, 9.17) is 6.11 Å². The lowest BCUT2D eigenvalue weighted by atomic mass is 9.92. The van der Waals surface area contributed by atoms with Crippen LogP contribution in [0.3, 0.4) is 0 Å². The van der Waals surface area contributed by atoms with Gasteiger partial charge in [0.2, 0.25) is 5.60 Å². The second-order valence-corrected chi connectivity index (χ2v) is 5.85. The third-order valence-electron chi connectivity index (χ3n) is 3.94. The van der Waals surface area contributed by atoms with Crippen molar-refractivity contribution < 1.29 is 21.4 Å². The molecular formula is C15H18N6O4. The number of aliphatic hydroxyl groups is 3. The summed E-state index contributed by atoms with van der Waals surface area (Å²) in [5, 5.41) is 43.5. The van der Waals surface area contributed by atoms with Crippen molar-refractivity contribution in [2.75, 3.05) is 20.7 Å². The van der Waals surface area contributed by atoms with Gasteiger partial charge in [-0.15, -0.1) is 0 Å². The molecule has 1 fully saturated rings. The van der Waals surface area contributed by atoms with E-state index in [0.29, 0.717) is 0 Å². The van der Waals surface area contributed by atoms with Gasteiger partial charge in [0.25, 0.3) is 0 Å². The number of aromatic nitrogens is 3. The molecule has 2 aromatic rings. The molecule has 2 aromatic heterocycles. The van der Waals surface area contributed by atoms with Crippen molar-refractivity contribution in [2.45, 2.75) is 23.9 Å². The molecule has 4 atom stereocenters. The van der Waals surface area contributed by atoms with Gasteiger partial charge in [0.15, 0.2) is 5.82 Å². The Kier molecular flexibility index (Phi) is 4.06. The molecule has 0 saturated carbocycles. The molecular weight excluding hydrogens is 328 g/mol. The lowest BCUT2D eigenvalue weighted by Gasteiger charge is -2.24. The number of nitriles is 1. The molecule has 0 unspecified atom stereocenters. The van der Waals surface area contributed by atoms with Gasteiger partial charge in [0, 0.05) is 14.1 Å². The Bertz CT molecular complexity index is 894. The van der Waals surface area contributed by atoms with Gasteiger partial charge in [0.1, 0.15) is 36.2 Å². The van der Waals surface area contributed by atoms with E-state index < -0.39 is 30.5 Å². The van der Waals surface area contributed by atoms with E-state index in [2.05, 4.69) is 15.1 Å². The number of hydrogen-bond acceptors (Lipinski definition) is 8. The summed E-state index contributed by atoms with van der Waals surface area (Å²) < 4.78 is 14.9. The van der Waals surface area contributed by atoms with E-state index in [1.807, 2.05) is 6.07 Å². The Morgan fingerprint density at radius 2 is 2.36 bits per heavy atom. The average molecular weight is 347 g/mol. The third kappa shape index (κ3) is 2.63. The molecule has 1 saturated heterocycles. The minimum absolute atomic E-state index is 0.0288. The average Bonchev–Trinajstić information content (AvgIpc) is 3.10. The van der Waals surface area contributed by atoms with Gasteiger partial charge in [0.05, 0.1) is 20.0 Å². The SMILES string of the molecule is [2H]c1cc([C@]2(C#N)O[C@H](CO)[C@@H](O)[C@H]2O)n2ncnc(N=CN(C)C)c12. The fraction of sp³-hybridized carbons (Fsp3) is 0.467. The first-order chi connectivity index (χ1) is 12.4. The Labute approximate surface area is 144 Å². The van der Waals surface area contributed by atoms with Crippen molar-refractivity contribution >= 4 is 17.7 Å². The molecule has 0 bridgehead atoms. The molecule has 3 rings (SSSR count). The number of hydrogen-bond donors (Lipinski definition) is 3. The summed E-state index contributed by atoms with van der Waals surface area (Å²) in [5.41, 5.74) is -1.73. The maximum atomic E-state index is 10.4. The van der Waals surface area contributed by atoms with Crippen LogP contribution in [0.1, 0.15) is 7.06 Å². The minimum Gasteiger partial charge on any atom is -0.394 e. The van der Waals surface area contributed by atoms with Gasteiger partial charge >= 0.3 is 0 Å². The molecule has 132 valence electrons. The summed E-state index contributed by atoms with van der Waals surface area (Å²) >= 11 is 0. The normalized spacial score (nSPS) is 29.9. The van der Waals surface area contributed by atoms with Crippen molar-refractivity contribution in [3.8, 4) is 6.07 Å². The summed E-state index contributed by atoms with van der Waals surface area (Å²) in [4.78, 5) is 9.91. The zero-order valence-corrected chi connectivity index (χ0v) is 13.6. The highest BCUT2D eigenvalue weighted by molar-refractivity contribution is 5.71. The summed E-state index contributed by atoms with van der Waals surface area (Å²) in [6, 6.07) is 3.13. The van der Waals surface area contributed by atoms with Crippen LogP contribution in [0, 0.1) is 11.3 Å². The molecule has 10 heteroatoms. The summed E-state index contributed by atoms with van der Waals surface area (Å²) in [6.07, 6.45) is -1.54. The molecule has 25 heavy (non-hydrogen) atoms. The quantitative estimate of drug-likeness (QED) is 0.462. The number of aliphatic imine (C=N–C) groups is 1. The minimum atomic E-state index is -1.99. The van der Waals surface area contributed by atoms with Crippen LogP contribution < -0.4 is 0 Å². The fourth-order valence-corrected chi connectivity index (χ4v) is 2.71. The van der Waals surface area contributed by atoms with Gasteiger partial charge in [-0.1, -0.05) is 0 Å². The molecule has 1 aliphatic heterocycles. The van der Waals surface area contributed by atoms with Crippen molar-refractivity contribution in [3.05, 3.63) is 24.1 Å². The van der Waals surface area contributed by atoms with E-state index >= 15 is 0 Å². The number of rotatable bonds is 4. The molecule has 3 heterocycles. The molecule has 0 spiro atoms. The van der Waals surface area contributed by atoms with Crippen LogP contribution in [0.15, 0.2) is 23.4 Å². The first kappa shape index (κ1) is 15.9. The van der Waals surface area contributed by atoms with Crippen molar-refractivity contribution in [1.29, 1.82) is 5.26 Å². The molecule has 3 N–H and O–H groups in total. The first-order valence-electron chi connectivity index (χ1n) is 7.96. The van der Waals surface area contributed by atoms with Crippen molar-refractivity contribution in [3.63, 3.8) is 0 Å². The van der Waals surface area contributed by atoms with Crippen LogP contribution in [0.25, 0.3) is 5.52 Å². The van der Waals surface area contributed by atoms with Crippen LogP contribution in [-0.2, 0) is 10.3 Å². The maximum Gasteiger partial charge on any atom is 0.225 e. The van der Waals surface area contributed by atoms with Crippen LogP contribution in [0.4, 0.5) is 5.82 Å². The molecule has 0 radical (unpaired) electrons. The number of aliphatic hydroxyl groups excluding tert-OH is 3. The Morgan fingerprint density at radius 3 is 2.96 bits per heavy atom. The molecule has 0 aliphatic carbocycles. The molecule has 1 aliphatic rings. The first-order valence-corrected chi connectivity index (χ1v) is 7.46. The predicted octanol–water partition coefficient (Wildman–Crippen LogP) is -1.22. The van der Waals surface area contributed by atoms with Gasteiger partial charge in [-0.3, -0.25) is 0 Å². The molecule has 0 aromatic carbocycles. The largest absolute Gasteiger partial charge is 0.394 e. The van der Waals surface area contributed by atoms with Crippen LogP contribution in [-0.4, -0.2) is 80.2 Å². The Hall–Kier alpha value is -2.58. The smallest absolute Gasteiger partial charge is 0.225 e. The zero-order valence-electron chi connectivity index (χ0n) is 14.6. The highest BCUT2D eigenvalue weighted by atomic mass is 16.6. The highest BCUT2D eigenvalue weighted by Gasteiger charge is 2.57. The maximum absolute atomic E-state index is 10.4. The lowest BCUT2D eigenvalue weighted by molar-refractivity contribution is -0.0643.